The van der Waals surface area contributed by atoms with E-state index in [9.17, 15) is 19.5 Å². The molecule has 0 saturated heterocycles. The maximum absolute atomic E-state index is 12.8. The van der Waals surface area contributed by atoms with E-state index in [4.69, 9.17) is 37.3 Å². The second-order valence-electron chi connectivity index (χ2n) is 16.6. The van der Waals surface area contributed by atoms with Gasteiger partial charge in [-0.3, -0.25) is 9.69 Å². The Kier molecular flexibility index (Phi) is 18.8. The van der Waals surface area contributed by atoms with Crippen molar-refractivity contribution in [2.45, 2.75) is 45.7 Å². The van der Waals surface area contributed by atoms with Gasteiger partial charge in [-0.05, 0) is 129 Å². The number of methoxy groups -OCH3 is 2. The van der Waals surface area contributed by atoms with Gasteiger partial charge in [0.15, 0.2) is 0 Å². The second-order valence-corrected chi connectivity index (χ2v) is 16.6. The molecule has 0 bridgehead atoms. The van der Waals surface area contributed by atoms with Crippen LogP contribution in [-0.2, 0) is 17.6 Å². The van der Waals surface area contributed by atoms with E-state index < -0.39 is 30.7 Å². The highest BCUT2D eigenvalue weighted by molar-refractivity contribution is 5.78. The molecule has 8 rings (SSSR count). The van der Waals surface area contributed by atoms with Crippen LogP contribution in [0, 0.1) is 0 Å². The number of hydrogen-bond acceptors (Lipinski definition) is 13. The summed E-state index contributed by atoms with van der Waals surface area (Å²) in [6.07, 6.45) is 3.32. The number of oxazole rings is 2. The fourth-order valence-corrected chi connectivity index (χ4v) is 7.53. The molecule has 2 heterocycles. The van der Waals surface area contributed by atoms with Gasteiger partial charge in [0.2, 0.25) is 11.8 Å². The van der Waals surface area contributed by atoms with Crippen molar-refractivity contribution in [3.63, 3.8) is 0 Å². The third-order valence-corrected chi connectivity index (χ3v) is 11.7. The highest BCUT2D eigenvalue weighted by Crippen LogP contribution is 2.28. The Morgan fingerprint density at radius 1 is 0.514 bits per heavy atom. The first-order valence-corrected chi connectivity index (χ1v) is 23.9. The van der Waals surface area contributed by atoms with Crippen LogP contribution in [0.1, 0.15) is 55.4 Å². The lowest BCUT2D eigenvalue weighted by Gasteiger charge is -2.27. The van der Waals surface area contributed by atoms with Gasteiger partial charge in [0.1, 0.15) is 53.6 Å². The first-order chi connectivity index (χ1) is 36.0. The van der Waals surface area contributed by atoms with Gasteiger partial charge in [0.05, 0.1) is 50.9 Å². The number of rotatable bonds is 21. The van der Waals surface area contributed by atoms with Crippen LogP contribution in [0.3, 0.4) is 0 Å². The third-order valence-electron chi connectivity index (χ3n) is 11.7. The molecule has 1 N–H and O–H groups in total. The van der Waals surface area contributed by atoms with E-state index in [0.717, 1.165) is 44.3 Å². The van der Waals surface area contributed by atoms with Crippen molar-refractivity contribution in [2.75, 3.05) is 40.5 Å². The number of benzene rings is 6. The number of ether oxygens (including phenoxy) is 6. The van der Waals surface area contributed by atoms with Gasteiger partial charge in [0, 0.05) is 30.5 Å². The Balaban J connectivity index is 0.000000217. The highest BCUT2D eigenvalue weighted by Gasteiger charge is 2.26. The minimum Gasteiger partial charge on any atom is -0.497 e. The van der Waals surface area contributed by atoms with E-state index in [-0.39, 0.29) is 11.8 Å². The lowest BCUT2D eigenvalue weighted by atomic mass is 10.1. The summed E-state index contributed by atoms with van der Waals surface area (Å²) >= 11 is 0. The summed E-state index contributed by atoms with van der Waals surface area (Å²) in [7, 11) is 3.13. The van der Waals surface area contributed by atoms with Gasteiger partial charge >= 0.3 is 18.2 Å². The monoisotopic (exact) mass is 1000 g/mol. The van der Waals surface area contributed by atoms with Crippen LogP contribution >= 0.6 is 0 Å². The first kappa shape index (κ1) is 52.8. The van der Waals surface area contributed by atoms with Gasteiger partial charge in [-0.25, -0.2) is 19.6 Å². The minimum absolute atomic E-state index is 0.165. The molecule has 0 aliphatic carbocycles. The van der Waals surface area contributed by atoms with Crippen molar-refractivity contribution >= 4 is 18.2 Å². The molecule has 8 aromatic rings. The Morgan fingerprint density at radius 3 is 1.26 bits per heavy atom. The Labute approximate surface area is 429 Å². The van der Waals surface area contributed by atoms with Crippen molar-refractivity contribution < 1.29 is 56.7 Å². The standard InChI is InChI=1S/C29H28N2O7.C29H30N2O5/c1-20(31(18-27(32)33)29(34)38-26-14-12-24(35-2)13-15-26)21-8-10-25(11-9-21)36-17-16-23-19-37-28(30-23)22-6-4-3-5-7-22;1-4-31(29(32)36-27-16-14-25(33-3)15-17-27)21(2)22-10-12-26(13-11-22)34-19-18-24-20-35-28(30-24)23-8-6-5-7-9-23/h3-15,19-20H,16-18H2,1-2H3,(H,32,33);5-17,20-21H,4,18-19H2,1-3H3/t20-;21-/m00/s1. The van der Waals surface area contributed by atoms with E-state index in [0.29, 0.717) is 67.4 Å². The number of amides is 2. The maximum Gasteiger partial charge on any atom is 0.416 e. The molecular weight excluding hydrogens is 945 g/mol. The summed E-state index contributed by atoms with van der Waals surface area (Å²) in [5.74, 6) is 3.48. The molecular formula is C58H58N4O12. The predicted molar refractivity (Wildman–Crippen MR) is 277 cm³/mol. The van der Waals surface area contributed by atoms with E-state index in [1.807, 2.05) is 98.8 Å². The highest BCUT2D eigenvalue weighted by atomic mass is 16.6. The van der Waals surface area contributed by atoms with Crippen molar-refractivity contribution in [3.05, 3.63) is 193 Å². The van der Waals surface area contributed by atoms with Crippen LogP contribution in [0.25, 0.3) is 22.9 Å². The predicted octanol–water partition coefficient (Wildman–Crippen LogP) is 12.2. The van der Waals surface area contributed by atoms with Gasteiger partial charge in [-0.2, -0.15) is 0 Å². The number of carboxylic acid groups (broad SMARTS) is 1. The number of carbonyl (C=O) groups excluding carboxylic acids is 2. The van der Waals surface area contributed by atoms with Crippen molar-refractivity contribution in [1.82, 2.24) is 19.8 Å². The second kappa shape index (κ2) is 26.4. The fourth-order valence-electron chi connectivity index (χ4n) is 7.53. The zero-order valence-electron chi connectivity index (χ0n) is 41.8. The molecule has 2 amide bonds. The molecule has 2 aromatic heterocycles. The topological polar surface area (TPSA) is 185 Å². The molecule has 0 aliphatic rings. The maximum atomic E-state index is 12.8. The normalized spacial score (nSPS) is 11.5. The molecule has 16 heteroatoms. The van der Waals surface area contributed by atoms with Gasteiger partial charge in [-0.15, -0.1) is 0 Å². The average molecular weight is 1000 g/mol. The number of aliphatic carboxylic acids is 1. The van der Waals surface area contributed by atoms with Crippen molar-refractivity contribution in [1.29, 1.82) is 0 Å². The van der Waals surface area contributed by atoms with Gasteiger partial charge in [-0.1, -0.05) is 60.7 Å². The number of nitrogens with zero attached hydrogens (tertiary/aromatic N) is 4. The van der Waals surface area contributed by atoms with E-state index in [1.54, 1.807) is 104 Å². The van der Waals surface area contributed by atoms with Gasteiger partial charge < -0.3 is 47.3 Å². The summed E-state index contributed by atoms with van der Waals surface area (Å²) in [6, 6.07) is 47.0. The third kappa shape index (κ3) is 15.0. The molecule has 74 heavy (non-hydrogen) atoms. The smallest absolute Gasteiger partial charge is 0.416 e. The number of carboxylic acids is 1. The lowest BCUT2D eigenvalue weighted by molar-refractivity contribution is -0.138. The Hall–Kier alpha value is -9.05. The van der Waals surface area contributed by atoms with Crippen LogP contribution in [-0.4, -0.2) is 83.6 Å². The Bertz CT molecular complexity index is 2980. The van der Waals surface area contributed by atoms with E-state index in [2.05, 4.69) is 9.97 Å². The Morgan fingerprint density at radius 2 is 0.878 bits per heavy atom. The van der Waals surface area contributed by atoms with Gasteiger partial charge in [0.25, 0.3) is 0 Å². The SMILES string of the molecule is CCN(C(=O)Oc1ccc(OC)cc1)[C@@H](C)c1ccc(OCCc2coc(-c3ccccc3)n2)cc1.COc1ccc(OC(=O)N(CC(=O)O)[C@@H](C)c2ccc(OCCc3coc(-c4ccccc4)n3)cc2)cc1. The first-order valence-electron chi connectivity index (χ1n) is 23.9. The zero-order chi connectivity index (χ0) is 52.2. The van der Waals surface area contributed by atoms with Crippen LogP contribution < -0.4 is 28.4 Å². The molecule has 0 spiro atoms. The minimum atomic E-state index is -1.15. The summed E-state index contributed by atoms with van der Waals surface area (Å²) in [6.45, 7) is 6.51. The molecule has 6 aromatic carbocycles. The molecule has 0 unspecified atom stereocenters. The summed E-state index contributed by atoms with van der Waals surface area (Å²) in [5.41, 5.74) is 5.20. The summed E-state index contributed by atoms with van der Waals surface area (Å²) in [5, 5.41) is 9.37. The van der Waals surface area contributed by atoms with Crippen molar-refractivity contribution in [2.24, 2.45) is 0 Å². The van der Waals surface area contributed by atoms with Crippen molar-refractivity contribution in [3.8, 4) is 57.4 Å². The van der Waals surface area contributed by atoms with E-state index in [1.165, 1.54) is 7.11 Å². The van der Waals surface area contributed by atoms with Crippen LogP contribution in [0.2, 0.25) is 0 Å². The molecule has 2 atom stereocenters. The molecule has 0 radical (unpaired) electrons. The molecule has 0 fully saturated rings. The molecule has 382 valence electrons. The summed E-state index contributed by atoms with van der Waals surface area (Å²) < 4.78 is 44.1. The quantitative estimate of drug-likeness (QED) is 0.0716. The van der Waals surface area contributed by atoms with Crippen LogP contribution in [0.4, 0.5) is 9.59 Å². The average Bonchev–Trinajstić information content (AvgIpc) is 4.12. The van der Waals surface area contributed by atoms with Crippen LogP contribution in [0.5, 0.6) is 34.5 Å². The fraction of sp³-hybridized carbons (Fsp3) is 0.224. The largest absolute Gasteiger partial charge is 0.497 e. The lowest BCUT2D eigenvalue weighted by Crippen LogP contribution is -2.39. The van der Waals surface area contributed by atoms with Crippen LogP contribution in [0.15, 0.2) is 179 Å². The number of aromatic nitrogens is 2. The number of hydrogen-bond donors (Lipinski definition) is 1. The summed E-state index contributed by atoms with van der Waals surface area (Å²) in [4.78, 5) is 48.9. The van der Waals surface area contributed by atoms with E-state index >= 15 is 0 Å². The molecule has 16 nitrogen and oxygen atoms in total. The zero-order valence-corrected chi connectivity index (χ0v) is 41.8. The molecule has 0 aliphatic heterocycles. The number of carbonyl (C=O) groups is 3. The molecule has 0 saturated carbocycles.